The minimum Gasteiger partial charge on any atom is -0.486 e. The van der Waals surface area contributed by atoms with Gasteiger partial charge >= 0.3 is 0 Å². The monoisotopic (exact) mass is 571 g/mol. The summed E-state index contributed by atoms with van der Waals surface area (Å²) in [5.41, 5.74) is 5.36. The smallest absolute Gasteiger partial charge is 0.234 e. The molecule has 0 aliphatic heterocycles. The topological polar surface area (TPSA) is 81.9 Å². The first-order valence-corrected chi connectivity index (χ1v) is 15.1. The lowest BCUT2D eigenvalue weighted by atomic mass is 9.87. The van der Waals surface area contributed by atoms with Crippen molar-refractivity contribution in [3.05, 3.63) is 83.7 Å². The number of aromatic nitrogens is 4. The molecule has 0 radical (unpaired) electrons. The number of fused-ring (bicyclic) bond motifs is 1. The van der Waals surface area contributed by atoms with Crippen LogP contribution in [0.3, 0.4) is 0 Å². The summed E-state index contributed by atoms with van der Waals surface area (Å²) in [6.07, 6.45) is 0. The first-order valence-electron chi connectivity index (χ1n) is 13.3. The number of nitrogens with zero attached hydrogens (tertiary/aromatic N) is 4. The first kappa shape index (κ1) is 27.9. The molecule has 2 heterocycles. The number of thiazole rings is 1. The van der Waals surface area contributed by atoms with Crippen LogP contribution in [0.2, 0.25) is 0 Å². The molecule has 3 aromatic carbocycles. The summed E-state index contributed by atoms with van der Waals surface area (Å²) in [6, 6.07) is 22.2. The van der Waals surface area contributed by atoms with Gasteiger partial charge in [-0.25, -0.2) is 4.98 Å². The molecule has 1 amide bonds. The molecule has 9 heteroatoms. The molecular formula is C31H33N5O2S2. The van der Waals surface area contributed by atoms with Gasteiger partial charge in [-0.2, -0.15) is 0 Å². The second-order valence-corrected chi connectivity index (χ2v) is 12.6. The van der Waals surface area contributed by atoms with Gasteiger partial charge in [-0.15, -0.1) is 21.5 Å². The van der Waals surface area contributed by atoms with Crippen LogP contribution < -0.4 is 10.1 Å². The number of ether oxygens (including phenoxy) is 1. The van der Waals surface area contributed by atoms with E-state index in [-0.39, 0.29) is 17.1 Å². The maximum atomic E-state index is 12.7. The van der Waals surface area contributed by atoms with Gasteiger partial charge < -0.3 is 14.6 Å². The number of thioether (sulfide) groups is 1. The Balaban J connectivity index is 1.15. The summed E-state index contributed by atoms with van der Waals surface area (Å²) in [7, 11) is 0. The van der Waals surface area contributed by atoms with E-state index >= 15 is 0 Å². The van der Waals surface area contributed by atoms with Crippen molar-refractivity contribution in [1.29, 1.82) is 0 Å². The largest absolute Gasteiger partial charge is 0.486 e. The normalized spacial score (nSPS) is 11.6. The highest BCUT2D eigenvalue weighted by Gasteiger charge is 2.16. The van der Waals surface area contributed by atoms with Crippen LogP contribution in [-0.2, 0) is 23.4 Å². The molecule has 7 nitrogen and oxygen atoms in total. The zero-order valence-corrected chi connectivity index (χ0v) is 25.0. The molecule has 0 spiro atoms. The third-order valence-corrected chi connectivity index (χ3v) is 8.52. The van der Waals surface area contributed by atoms with Crippen molar-refractivity contribution >= 4 is 44.9 Å². The SMILES string of the molecule is CCn1c(COc2ccc(C(C)(C)C)cc2)nnc1SCC(=O)Nc1ccc(-c2nc3ccc(C)cc3s2)cc1. The minimum absolute atomic E-state index is 0.0965. The second-order valence-electron chi connectivity index (χ2n) is 10.6. The fraction of sp³-hybridized carbons (Fsp3) is 0.290. The molecule has 1 N–H and O–H groups in total. The summed E-state index contributed by atoms with van der Waals surface area (Å²) in [5, 5.41) is 13.2. The third kappa shape index (κ3) is 6.54. The van der Waals surface area contributed by atoms with Gasteiger partial charge in [0.25, 0.3) is 0 Å². The van der Waals surface area contributed by atoms with E-state index in [2.05, 4.69) is 73.5 Å². The fourth-order valence-corrected chi connectivity index (χ4v) is 6.12. The van der Waals surface area contributed by atoms with Gasteiger partial charge in [-0.1, -0.05) is 50.7 Å². The molecule has 0 saturated carbocycles. The van der Waals surface area contributed by atoms with Crippen LogP contribution in [-0.4, -0.2) is 31.4 Å². The minimum atomic E-state index is -0.101. The van der Waals surface area contributed by atoms with E-state index in [1.807, 2.05) is 47.9 Å². The van der Waals surface area contributed by atoms with E-state index in [9.17, 15) is 4.79 Å². The molecule has 2 aromatic heterocycles. The molecule has 0 bridgehead atoms. The number of hydrogen-bond acceptors (Lipinski definition) is 7. The standard InChI is InChI=1S/C31H33N5O2S2/c1-6-36-27(18-38-24-14-10-22(11-15-24)31(3,4)5)34-35-30(36)39-19-28(37)32-23-12-8-21(9-13-23)29-33-25-16-7-20(2)17-26(25)40-29/h7-17H,6,18-19H2,1-5H3,(H,32,37). The van der Waals surface area contributed by atoms with Gasteiger partial charge in [0.2, 0.25) is 5.91 Å². The van der Waals surface area contributed by atoms with Gasteiger partial charge in [0.1, 0.15) is 17.4 Å². The summed E-state index contributed by atoms with van der Waals surface area (Å²) in [4.78, 5) is 17.4. The highest BCUT2D eigenvalue weighted by molar-refractivity contribution is 7.99. The number of benzene rings is 3. The Bertz CT molecular complexity index is 1620. The van der Waals surface area contributed by atoms with Crippen molar-refractivity contribution in [2.24, 2.45) is 0 Å². The van der Waals surface area contributed by atoms with Crippen LogP contribution >= 0.6 is 23.1 Å². The van der Waals surface area contributed by atoms with E-state index in [4.69, 9.17) is 9.72 Å². The van der Waals surface area contributed by atoms with Crippen molar-refractivity contribution in [2.45, 2.75) is 58.3 Å². The van der Waals surface area contributed by atoms with Crippen LogP contribution in [0.4, 0.5) is 5.69 Å². The van der Waals surface area contributed by atoms with Gasteiger partial charge in [-0.05, 0) is 78.9 Å². The molecule has 0 fully saturated rings. The van der Waals surface area contributed by atoms with Crippen LogP contribution in [0.5, 0.6) is 5.75 Å². The molecule has 0 atom stereocenters. The number of carbonyl (C=O) groups excluding carboxylic acids is 1. The summed E-state index contributed by atoms with van der Waals surface area (Å²) in [6.45, 7) is 11.7. The van der Waals surface area contributed by atoms with Crippen molar-refractivity contribution < 1.29 is 9.53 Å². The van der Waals surface area contributed by atoms with E-state index in [0.717, 1.165) is 33.3 Å². The molecule has 5 rings (SSSR count). The molecule has 5 aromatic rings. The van der Waals surface area contributed by atoms with Crippen molar-refractivity contribution in [3.63, 3.8) is 0 Å². The van der Waals surface area contributed by atoms with Crippen molar-refractivity contribution in [1.82, 2.24) is 19.7 Å². The van der Waals surface area contributed by atoms with Crippen molar-refractivity contribution in [3.8, 4) is 16.3 Å². The number of rotatable bonds is 9. The van der Waals surface area contributed by atoms with Crippen LogP contribution in [0.1, 0.15) is 44.6 Å². The Morgan fingerprint density at radius 2 is 1.77 bits per heavy atom. The quantitative estimate of drug-likeness (QED) is 0.185. The molecule has 0 aliphatic carbocycles. The van der Waals surface area contributed by atoms with E-state index in [1.165, 1.54) is 27.6 Å². The van der Waals surface area contributed by atoms with Gasteiger partial charge in [0.15, 0.2) is 11.0 Å². The van der Waals surface area contributed by atoms with Gasteiger partial charge in [0, 0.05) is 17.8 Å². The summed E-state index contributed by atoms with van der Waals surface area (Å²) < 4.78 is 9.13. The first-order chi connectivity index (χ1) is 19.2. The molecule has 0 aliphatic rings. The number of carbonyl (C=O) groups is 1. The van der Waals surface area contributed by atoms with Crippen LogP contribution in [0, 0.1) is 6.92 Å². The number of amides is 1. The lowest BCUT2D eigenvalue weighted by Gasteiger charge is -2.19. The number of nitrogens with one attached hydrogen (secondary N) is 1. The van der Waals surface area contributed by atoms with E-state index in [0.29, 0.717) is 18.3 Å². The zero-order chi connectivity index (χ0) is 28.3. The van der Waals surface area contributed by atoms with Crippen LogP contribution in [0.15, 0.2) is 71.9 Å². The Morgan fingerprint density at radius 3 is 2.48 bits per heavy atom. The highest BCUT2D eigenvalue weighted by Crippen LogP contribution is 2.31. The molecule has 0 unspecified atom stereocenters. The van der Waals surface area contributed by atoms with E-state index in [1.54, 1.807) is 11.3 Å². The highest BCUT2D eigenvalue weighted by atomic mass is 32.2. The van der Waals surface area contributed by atoms with Crippen LogP contribution in [0.25, 0.3) is 20.8 Å². The third-order valence-electron chi connectivity index (χ3n) is 6.49. The summed E-state index contributed by atoms with van der Waals surface area (Å²) >= 11 is 3.04. The van der Waals surface area contributed by atoms with E-state index < -0.39 is 0 Å². The Hall–Kier alpha value is -3.69. The predicted octanol–water partition coefficient (Wildman–Crippen LogP) is 7.49. The molecular weight excluding hydrogens is 539 g/mol. The summed E-state index contributed by atoms with van der Waals surface area (Å²) in [5.74, 6) is 1.64. The molecule has 40 heavy (non-hydrogen) atoms. The maximum absolute atomic E-state index is 12.7. The fourth-order valence-electron chi connectivity index (χ4n) is 4.23. The van der Waals surface area contributed by atoms with Crippen molar-refractivity contribution in [2.75, 3.05) is 11.1 Å². The number of hydrogen-bond donors (Lipinski definition) is 1. The molecule has 0 saturated heterocycles. The maximum Gasteiger partial charge on any atom is 0.234 e. The number of aryl methyl sites for hydroxylation is 1. The van der Waals surface area contributed by atoms with Gasteiger partial charge in [0.05, 0.1) is 16.0 Å². The number of anilines is 1. The predicted molar refractivity (Wildman–Crippen MR) is 164 cm³/mol. The second kappa shape index (κ2) is 11.8. The zero-order valence-electron chi connectivity index (χ0n) is 23.4. The average Bonchev–Trinajstić information content (AvgIpc) is 3.54. The van der Waals surface area contributed by atoms with Gasteiger partial charge in [-0.3, -0.25) is 4.79 Å². The lowest BCUT2D eigenvalue weighted by Crippen LogP contribution is -2.15. The Kier molecular flexibility index (Phi) is 8.23. The Morgan fingerprint density at radius 1 is 1.02 bits per heavy atom. The Labute approximate surface area is 243 Å². The average molecular weight is 572 g/mol. The lowest BCUT2D eigenvalue weighted by molar-refractivity contribution is -0.113. The molecule has 206 valence electrons.